The molecule has 5 heterocycles. The van der Waals surface area contributed by atoms with E-state index in [1.54, 1.807) is 6.20 Å². The molecular formula is C26H22N8. The molecule has 6 aromatic rings. The molecule has 6 rings (SSSR count). The van der Waals surface area contributed by atoms with Crippen LogP contribution < -0.4 is 5.32 Å². The van der Waals surface area contributed by atoms with Crippen molar-refractivity contribution in [1.82, 2.24) is 35.1 Å². The number of para-hydroxylation sites is 1. The van der Waals surface area contributed by atoms with Gasteiger partial charge in [0.15, 0.2) is 11.5 Å². The number of anilines is 1. The van der Waals surface area contributed by atoms with Gasteiger partial charge in [0.05, 0.1) is 22.1 Å². The molecule has 0 unspecified atom stereocenters. The summed E-state index contributed by atoms with van der Waals surface area (Å²) in [7, 11) is 0. The number of benzene rings is 1. The van der Waals surface area contributed by atoms with Crippen LogP contribution in [0.5, 0.6) is 0 Å². The van der Waals surface area contributed by atoms with Gasteiger partial charge in [-0.1, -0.05) is 18.2 Å². The second-order valence-corrected chi connectivity index (χ2v) is 8.48. The minimum atomic E-state index is 0.322. The van der Waals surface area contributed by atoms with Gasteiger partial charge in [0.2, 0.25) is 0 Å². The van der Waals surface area contributed by atoms with Crippen LogP contribution in [0.15, 0.2) is 73.4 Å². The quantitative estimate of drug-likeness (QED) is 0.325. The number of aromatic amines is 2. The molecular weight excluding hydrogens is 424 g/mol. The molecule has 166 valence electrons. The number of rotatable bonds is 5. The van der Waals surface area contributed by atoms with Gasteiger partial charge < -0.3 is 10.3 Å². The van der Waals surface area contributed by atoms with Crippen LogP contribution >= 0.6 is 0 Å². The van der Waals surface area contributed by atoms with Crippen LogP contribution in [0.4, 0.5) is 5.69 Å². The normalized spacial score (nSPS) is 11.5. The molecule has 0 amide bonds. The van der Waals surface area contributed by atoms with Gasteiger partial charge in [0.1, 0.15) is 5.69 Å². The van der Waals surface area contributed by atoms with Gasteiger partial charge in [-0.25, -0.2) is 9.97 Å². The maximum Gasteiger partial charge on any atom is 0.159 e. The highest BCUT2D eigenvalue weighted by Gasteiger charge is 2.16. The summed E-state index contributed by atoms with van der Waals surface area (Å²) in [5.74, 6) is 0.685. The lowest BCUT2D eigenvalue weighted by Crippen LogP contribution is -2.09. The Balaban J connectivity index is 1.45. The Morgan fingerprint density at radius 2 is 1.76 bits per heavy atom. The fourth-order valence-electron chi connectivity index (χ4n) is 4.15. The monoisotopic (exact) mass is 446 g/mol. The Morgan fingerprint density at radius 3 is 2.62 bits per heavy atom. The van der Waals surface area contributed by atoms with Gasteiger partial charge in [-0.2, -0.15) is 5.10 Å². The predicted molar refractivity (Wildman–Crippen MR) is 134 cm³/mol. The number of hydrogen-bond donors (Lipinski definition) is 3. The summed E-state index contributed by atoms with van der Waals surface area (Å²) in [5, 5.41) is 11.9. The lowest BCUT2D eigenvalue weighted by molar-refractivity contribution is 0.898. The van der Waals surface area contributed by atoms with Gasteiger partial charge in [-0.15, -0.1) is 0 Å². The highest BCUT2D eigenvalue weighted by atomic mass is 15.2. The van der Waals surface area contributed by atoms with Crippen molar-refractivity contribution in [3.8, 4) is 33.8 Å². The lowest BCUT2D eigenvalue weighted by Gasteiger charge is -2.10. The maximum atomic E-state index is 4.91. The molecule has 34 heavy (non-hydrogen) atoms. The van der Waals surface area contributed by atoms with Crippen molar-refractivity contribution in [2.75, 3.05) is 5.32 Å². The van der Waals surface area contributed by atoms with E-state index in [4.69, 9.17) is 4.98 Å². The van der Waals surface area contributed by atoms with E-state index in [1.807, 2.05) is 49.1 Å². The van der Waals surface area contributed by atoms with Crippen molar-refractivity contribution < 1.29 is 0 Å². The van der Waals surface area contributed by atoms with E-state index in [-0.39, 0.29) is 0 Å². The van der Waals surface area contributed by atoms with Crippen LogP contribution in [0.25, 0.3) is 55.8 Å². The molecule has 0 radical (unpaired) electrons. The third kappa shape index (κ3) is 3.55. The summed E-state index contributed by atoms with van der Waals surface area (Å²) in [6.45, 7) is 4.20. The number of hydrogen-bond acceptors (Lipinski definition) is 6. The maximum absolute atomic E-state index is 4.91. The summed E-state index contributed by atoms with van der Waals surface area (Å²) >= 11 is 0. The number of fused-ring (bicyclic) bond motifs is 2. The van der Waals surface area contributed by atoms with E-state index in [1.165, 1.54) is 0 Å². The topological polar surface area (TPSA) is 108 Å². The van der Waals surface area contributed by atoms with Crippen molar-refractivity contribution in [1.29, 1.82) is 0 Å². The molecule has 0 saturated carbocycles. The van der Waals surface area contributed by atoms with Crippen molar-refractivity contribution in [2.45, 2.75) is 19.9 Å². The van der Waals surface area contributed by atoms with E-state index in [9.17, 15) is 0 Å². The molecule has 8 heteroatoms. The minimum absolute atomic E-state index is 0.322. The third-order valence-electron chi connectivity index (χ3n) is 5.65. The molecule has 0 aliphatic rings. The first-order valence-corrected chi connectivity index (χ1v) is 11.1. The molecule has 0 atom stereocenters. The highest BCUT2D eigenvalue weighted by Crippen LogP contribution is 2.32. The lowest BCUT2D eigenvalue weighted by atomic mass is 10.1. The average Bonchev–Trinajstić information content (AvgIpc) is 3.48. The number of nitrogens with one attached hydrogen (secondary N) is 3. The van der Waals surface area contributed by atoms with Crippen LogP contribution in [0.2, 0.25) is 0 Å². The molecule has 8 nitrogen and oxygen atoms in total. The van der Waals surface area contributed by atoms with Gasteiger partial charge in [0.25, 0.3) is 0 Å². The minimum Gasteiger partial charge on any atom is -0.382 e. The molecule has 1 aromatic carbocycles. The number of imidazole rings is 1. The zero-order valence-electron chi connectivity index (χ0n) is 18.7. The van der Waals surface area contributed by atoms with E-state index >= 15 is 0 Å². The van der Waals surface area contributed by atoms with Crippen LogP contribution in [-0.4, -0.2) is 41.2 Å². The molecule has 0 aliphatic heterocycles. The van der Waals surface area contributed by atoms with Gasteiger partial charge in [0, 0.05) is 59.3 Å². The van der Waals surface area contributed by atoms with Crippen LogP contribution in [0.3, 0.4) is 0 Å². The van der Waals surface area contributed by atoms with Gasteiger partial charge >= 0.3 is 0 Å². The molecule has 0 spiro atoms. The number of H-pyrrole nitrogens is 2. The molecule has 0 fully saturated rings. The van der Waals surface area contributed by atoms with E-state index in [2.05, 4.69) is 67.5 Å². The smallest absolute Gasteiger partial charge is 0.159 e. The Kier molecular flexibility index (Phi) is 4.76. The molecule has 0 aliphatic carbocycles. The number of nitrogens with zero attached hydrogens (tertiary/aromatic N) is 5. The Morgan fingerprint density at radius 1 is 0.882 bits per heavy atom. The first kappa shape index (κ1) is 20.0. The van der Waals surface area contributed by atoms with Crippen molar-refractivity contribution in [3.05, 3.63) is 73.4 Å². The van der Waals surface area contributed by atoms with Gasteiger partial charge in [-0.3, -0.25) is 15.1 Å². The van der Waals surface area contributed by atoms with Crippen molar-refractivity contribution >= 4 is 27.8 Å². The highest BCUT2D eigenvalue weighted by molar-refractivity contribution is 5.97. The molecule has 3 N–H and O–H groups in total. The first-order chi connectivity index (χ1) is 16.7. The fraction of sp³-hybridized carbons (Fsp3) is 0.115. The second kappa shape index (κ2) is 8.08. The summed E-state index contributed by atoms with van der Waals surface area (Å²) in [5.41, 5.74) is 8.20. The van der Waals surface area contributed by atoms with Crippen LogP contribution in [-0.2, 0) is 0 Å². The van der Waals surface area contributed by atoms with E-state index in [0.717, 1.165) is 50.1 Å². The SMILES string of the molecule is CC(C)Nc1cncc(-c2cnc3[nH]nc(-c4nc5c(-c6cccnc6)cccc5[nH]4)c3c2)c1. The van der Waals surface area contributed by atoms with Crippen molar-refractivity contribution in [3.63, 3.8) is 0 Å². The molecule has 5 aromatic heterocycles. The fourth-order valence-corrected chi connectivity index (χ4v) is 4.15. The number of aromatic nitrogens is 7. The summed E-state index contributed by atoms with van der Waals surface area (Å²) < 4.78 is 0. The Labute approximate surface area is 195 Å². The molecule has 0 bridgehead atoms. The summed E-state index contributed by atoms with van der Waals surface area (Å²) in [6, 6.07) is 14.5. The standard InChI is InChI=1S/C26H22N8/c1-15(2)30-19-9-17(12-28-14-19)18-10-21-24(33-34-25(21)29-13-18)26-31-22-7-3-6-20(23(22)32-26)16-5-4-8-27-11-16/h3-15,30H,1-2H3,(H,31,32)(H,29,33,34). The number of pyridine rings is 3. The van der Waals surface area contributed by atoms with E-state index in [0.29, 0.717) is 17.5 Å². The zero-order chi connectivity index (χ0) is 23.1. The summed E-state index contributed by atoms with van der Waals surface area (Å²) in [4.78, 5) is 21.6. The Bertz CT molecular complexity index is 1610. The van der Waals surface area contributed by atoms with Crippen molar-refractivity contribution in [2.24, 2.45) is 0 Å². The Hall–Kier alpha value is -4.59. The summed E-state index contributed by atoms with van der Waals surface area (Å²) in [6.07, 6.45) is 9.12. The largest absolute Gasteiger partial charge is 0.382 e. The van der Waals surface area contributed by atoms with Gasteiger partial charge in [-0.05, 0) is 38.1 Å². The van der Waals surface area contributed by atoms with Crippen LogP contribution in [0.1, 0.15) is 13.8 Å². The third-order valence-corrected chi connectivity index (χ3v) is 5.65. The van der Waals surface area contributed by atoms with E-state index < -0.39 is 0 Å². The zero-order valence-corrected chi connectivity index (χ0v) is 18.7. The predicted octanol–water partition coefficient (Wildman–Crippen LogP) is 5.45. The average molecular weight is 447 g/mol. The molecule has 0 saturated heterocycles. The van der Waals surface area contributed by atoms with Crippen LogP contribution in [0, 0.1) is 0 Å². The first-order valence-electron chi connectivity index (χ1n) is 11.1. The second-order valence-electron chi connectivity index (χ2n) is 8.48.